The lowest BCUT2D eigenvalue weighted by Crippen LogP contribution is -2.48. The Balaban J connectivity index is 0.974. The van der Waals surface area contributed by atoms with Gasteiger partial charge in [0.05, 0.1) is 39.1 Å². The molecule has 2 bridgehead atoms. The summed E-state index contributed by atoms with van der Waals surface area (Å²) < 4.78 is 5.56. The second-order valence-corrected chi connectivity index (χ2v) is 19.3. The molecule has 0 N–H and O–H groups in total. The Morgan fingerprint density at radius 2 is 1.16 bits per heavy atom. The van der Waals surface area contributed by atoms with Gasteiger partial charge in [-0.25, -0.2) is 0 Å². The van der Waals surface area contributed by atoms with E-state index in [-0.39, 0.29) is 5.41 Å². The van der Waals surface area contributed by atoms with Crippen molar-refractivity contribution in [1.82, 2.24) is 19.1 Å². The van der Waals surface area contributed by atoms with Gasteiger partial charge >= 0.3 is 0 Å². The van der Waals surface area contributed by atoms with Crippen molar-refractivity contribution in [1.29, 1.82) is 0 Å². The molecule has 61 heavy (non-hydrogen) atoms. The summed E-state index contributed by atoms with van der Waals surface area (Å²) >= 11 is 2.75. The summed E-state index contributed by atoms with van der Waals surface area (Å²) in [5, 5.41) is 4.70. The Morgan fingerprint density at radius 3 is 1.93 bits per heavy atom. The van der Waals surface area contributed by atoms with Crippen molar-refractivity contribution >= 4 is 83.3 Å². The van der Waals surface area contributed by atoms with Gasteiger partial charge in [-0.2, -0.15) is 0 Å². The number of benzene rings is 6. The number of hydrogen-bond donors (Lipinski definition) is 0. The van der Waals surface area contributed by atoms with Crippen molar-refractivity contribution in [2.75, 3.05) is 4.90 Å². The maximum absolute atomic E-state index is 4.46. The first-order valence-electron chi connectivity index (χ1n) is 21.7. The normalized spacial score (nSPS) is 19.2. The fourth-order valence-corrected chi connectivity index (χ4v) is 13.4. The molecule has 2 aliphatic carbocycles. The van der Waals surface area contributed by atoms with Gasteiger partial charge in [-0.05, 0) is 127 Å². The molecule has 2 fully saturated rings. The Hall–Kier alpha value is -6.25. The molecule has 0 radical (unpaired) electrons. The van der Waals surface area contributed by atoms with Crippen LogP contribution in [0.5, 0.6) is 0 Å². The van der Waals surface area contributed by atoms with Crippen LogP contribution < -0.4 is 4.90 Å². The summed E-state index contributed by atoms with van der Waals surface area (Å²) in [5.74, 6) is 1.51. The summed E-state index contributed by atoms with van der Waals surface area (Å²) in [6.45, 7) is 0. The highest BCUT2D eigenvalue weighted by atomic mass is 127. The number of para-hydroxylation sites is 4. The van der Waals surface area contributed by atoms with Crippen LogP contribution in [0.4, 0.5) is 17.1 Å². The highest BCUT2D eigenvalue weighted by Gasteiger charge is 2.53. The van der Waals surface area contributed by atoms with E-state index in [1.54, 1.807) is 0 Å². The van der Waals surface area contributed by atoms with Crippen LogP contribution in [0.15, 0.2) is 176 Å². The number of nitrogens with zero attached hydrogens (tertiary/aromatic N) is 5. The zero-order valence-corrected chi connectivity index (χ0v) is 35.8. The fraction of sp³-hybridized carbons (Fsp3) is 0.164. The third kappa shape index (κ3) is 5.18. The third-order valence-corrected chi connectivity index (χ3v) is 15.5. The van der Waals surface area contributed by atoms with Crippen molar-refractivity contribution in [3.8, 4) is 22.5 Å². The molecule has 6 aromatic carbocycles. The molecule has 3 atom stereocenters. The van der Waals surface area contributed by atoms with Crippen LogP contribution >= 0.6 is 22.6 Å². The third-order valence-electron chi connectivity index (χ3n) is 14.5. The lowest BCUT2D eigenvalue weighted by Gasteiger charge is -2.55. The highest BCUT2D eigenvalue weighted by molar-refractivity contribution is 14.1. The zero-order valence-electron chi connectivity index (χ0n) is 33.6. The van der Waals surface area contributed by atoms with Crippen LogP contribution in [0, 0.1) is 11.8 Å². The van der Waals surface area contributed by atoms with Crippen LogP contribution in [0.3, 0.4) is 0 Å². The first kappa shape index (κ1) is 35.5. The maximum atomic E-state index is 4.46. The summed E-state index contributed by atoms with van der Waals surface area (Å²) in [6.07, 6.45) is 14.2. The van der Waals surface area contributed by atoms with Gasteiger partial charge < -0.3 is 14.0 Å². The van der Waals surface area contributed by atoms with Crippen LogP contribution in [-0.4, -0.2) is 23.0 Å². The number of alkyl halides is 1. The molecule has 3 aliphatic rings. The van der Waals surface area contributed by atoms with Gasteiger partial charge in [0.2, 0.25) is 0 Å². The van der Waals surface area contributed by atoms with E-state index in [0.29, 0.717) is 5.92 Å². The number of aromatic nitrogens is 4. The molecule has 13 rings (SSSR count). The Kier molecular flexibility index (Phi) is 7.93. The zero-order chi connectivity index (χ0) is 40.2. The van der Waals surface area contributed by atoms with Gasteiger partial charge in [-0.15, -0.1) is 0 Å². The predicted octanol–water partition coefficient (Wildman–Crippen LogP) is 14.4. The van der Waals surface area contributed by atoms with E-state index in [2.05, 4.69) is 198 Å². The molecule has 5 heterocycles. The average Bonchev–Trinajstić information content (AvgIpc) is 3.83. The molecule has 6 heteroatoms. The van der Waals surface area contributed by atoms with Gasteiger partial charge in [-0.3, -0.25) is 9.97 Å². The summed E-state index contributed by atoms with van der Waals surface area (Å²) in [4.78, 5) is 11.5. The van der Waals surface area contributed by atoms with Crippen LogP contribution in [0.1, 0.15) is 43.2 Å². The second-order valence-electron chi connectivity index (χ2n) is 17.5. The van der Waals surface area contributed by atoms with Gasteiger partial charge in [0.25, 0.3) is 0 Å². The fourth-order valence-electron chi connectivity index (χ4n) is 12.1. The first-order valence-corrected chi connectivity index (χ1v) is 22.9. The molecule has 4 aromatic heterocycles. The van der Waals surface area contributed by atoms with E-state index in [4.69, 9.17) is 0 Å². The molecule has 1 spiro atoms. The number of rotatable bonds is 4. The van der Waals surface area contributed by atoms with Gasteiger partial charge in [0.15, 0.2) is 0 Å². The van der Waals surface area contributed by atoms with Crippen molar-refractivity contribution in [3.05, 3.63) is 188 Å². The quantitative estimate of drug-likeness (QED) is 0.130. The van der Waals surface area contributed by atoms with E-state index in [1.165, 1.54) is 87.7 Å². The molecule has 1 aliphatic heterocycles. The second kappa shape index (κ2) is 13.6. The standard InChI is InChI=1S/C55H42IN5/c56-38-29-35-22-25-55(37(28-35)31-38)46-14-3-7-18-53(46)60(54-19-8-4-15-47(54)55)40-20-21-50-43(32-40)42-13-2-6-17-49(42)61(50)48-16-5-1-12-41(48)36-10-9-11-39(30-36)59-51-23-26-57-33-44(51)45-34-58-27-24-52(45)59/h1-21,23-24,26-27,30,32-35,37-38H,22,25,28-29,31H2/t35-,37?,38-/m1/s1. The number of fused-ring (bicyclic) bond motifs is 13. The smallest absolute Gasteiger partial charge is 0.0572 e. The molecular formula is C55H42IN5. The van der Waals surface area contributed by atoms with Gasteiger partial charge in [0, 0.05) is 72.6 Å². The molecule has 2 saturated carbocycles. The van der Waals surface area contributed by atoms with E-state index in [9.17, 15) is 0 Å². The first-order chi connectivity index (χ1) is 30.2. The topological polar surface area (TPSA) is 38.9 Å². The number of pyridine rings is 2. The number of halogens is 1. The predicted molar refractivity (Wildman–Crippen MR) is 259 cm³/mol. The minimum absolute atomic E-state index is 0.0428. The summed E-state index contributed by atoms with van der Waals surface area (Å²) in [7, 11) is 0. The SMILES string of the molecule is I[C@H]1CC2C[C@@H](CCC23c2ccccc2N(c2ccc4c(c2)c2ccccc2n4-c2ccccc2-c2cccc(-n4c5ccncc5c5cnccc54)c2)c2ccccc23)C1. The van der Waals surface area contributed by atoms with E-state index < -0.39 is 0 Å². The summed E-state index contributed by atoms with van der Waals surface area (Å²) in [6, 6.07) is 56.8. The maximum Gasteiger partial charge on any atom is 0.0572 e. The van der Waals surface area contributed by atoms with Crippen molar-refractivity contribution in [2.45, 2.75) is 41.4 Å². The summed E-state index contributed by atoms with van der Waals surface area (Å²) in [5.41, 5.74) is 16.1. The molecule has 0 amide bonds. The Morgan fingerprint density at radius 1 is 0.508 bits per heavy atom. The molecule has 294 valence electrons. The minimum Gasteiger partial charge on any atom is -0.310 e. The average molecular weight is 900 g/mol. The number of hydrogen-bond acceptors (Lipinski definition) is 3. The molecule has 0 saturated heterocycles. The number of anilines is 3. The monoisotopic (exact) mass is 899 g/mol. The van der Waals surface area contributed by atoms with Gasteiger partial charge in [-0.1, -0.05) is 108 Å². The van der Waals surface area contributed by atoms with Crippen LogP contribution in [0.2, 0.25) is 0 Å². The van der Waals surface area contributed by atoms with Crippen molar-refractivity contribution in [3.63, 3.8) is 0 Å². The van der Waals surface area contributed by atoms with Crippen LogP contribution in [-0.2, 0) is 5.41 Å². The minimum atomic E-state index is 0.0428. The van der Waals surface area contributed by atoms with E-state index in [0.717, 1.165) is 48.6 Å². The lowest BCUT2D eigenvalue weighted by molar-refractivity contribution is 0.121. The highest BCUT2D eigenvalue weighted by Crippen LogP contribution is 2.63. The van der Waals surface area contributed by atoms with Crippen molar-refractivity contribution < 1.29 is 0 Å². The Labute approximate surface area is 368 Å². The molecule has 1 unspecified atom stereocenters. The lowest BCUT2D eigenvalue weighted by atomic mass is 9.52. The van der Waals surface area contributed by atoms with Gasteiger partial charge in [0.1, 0.15) is 0 Å². The Bertz CT molecular complexity index is 3270. The molecule has 5 nitrogen and oxygen atoms in total. The van der Waals surface area contributed by atoms with Crippen molar-refractivity contribution in [2.24, 2.45) is 11.8 Å². The van der Waals surface area contributed by atoms with Crippen LogP contribution in [0.25, 0.3) is 66.1 Å². The molecular weight excluding hydrogens is 858 g/mol. The van der Waals surface area contributed by atoms with E-state index >= 15 is 0 Å². The molecule has 10 aromatic rings. The largest absolute Gasteiger partial charge is 0.310 e. The van der Waals surface area contributed by atoms with E-state index in [1.807, 2.05) is 24.8 Å².